The van der Waals surface area contributed by atoms with Gasteiger partial charge in [-0.2, -0.15) is 0 Å². The van der Waals surface area contributed by atoms with Crippen molar-refractivity contribution in [3.05, 3.63) is 65.2 Å². The molecule has 130 valence electrons. The molecule has 5 heteroatoms. The van der Waals surface area contributed by atoms with Gasteiger partial charge in [-0.05, 0) is 55.2 Å². The van der Waals surface area contributed by atoms with Gasteiger partial charge in [0.25, 0.3) is 5.91 Å². The monoisotopic (exact) mass is 353 g/mol. The van der Waals surface area contributed by atoms with Crippen LogP contribution in [-0.2, 0) is 12.0 Å². The van der Waals surface area contributed by atoms with Crippen LogP contribution in [0, 0.1) is 0 Å². The fourth-order valence-corrected chi connectivity index (χ4v) is 3.90. The first-order chi connectivity index (χ1) is 12.0. The van der Waals surface area contributed by atoms with Crippen molar-refractivity contribution in [2.24, 2.45) is 10.7 Å². The summed E-state index contributed by atoms with van der Waals surface area (Å²) < 4.78 is 0. The van der Waals surface area contributed by atoms with Crippen LogP contribution < -0.4 is 11.1 Å². The van der Waals surface area contributed by atoms with Gasteiger partial charge >= 0.3 is 0 Å². The molecule has 0 radical (unpaired) electrons. The number of aliphatic imine (C=N–C) groups is 1. The van der Waals surface area contributed by atoms with Crippen molar-refractivity contribution in [1.29, 1.82) is 0 Å². The molecule has 1 amide bonds. The molecule has 0 saturated heterocycles. The minimum atomic E-state index is -0.334. The molecular formula is C20H23N3OS. The molecule has 4 nitrogen and oxygen atoms in total. The largest absolute Gasteiger partial charge is 0.379 e. The number of nitrogens with two attached hydrogens (primary N) is 1. The smallest absolute Gasteiger partial charge is 0.255 e. The van der Waals surface area contributed by atoms with Crippen LogP contribution in [0.5, 0.6) is 0 Å². The van der Waals surface area contributed by atoms with E-state index in [1.54, 1.807) is 11.8 Å². The molecule has 2 aromatic carbocycles. The lowest BCUT2D eigenvalue weighted by atomic mass is 9.89. The van der Waals surface area contributed by atoms with Crippen molar-refractivity contribution in [2.45, 2.75) is 32.2 Å². The molecule has 0 bridgehead atoms. The van der Waals surface area contributed by atoms with E-state index in [1.165, 1.54) is 5.56 Å². The Labute approximate surface area is 152 Å². The van der Waals surface area contributed by atoms with E-state index < -0.39 is 0 Å². The molecule has 1 atom stereocenters. The van der Waals surface area contributed by atoms with Crippen LogP contribution >= 0.6 is 11.8 Å². The molecule has 3 N–H and O–H groups in total. The number of carbonyl (C=O) groups is 1. The van der Waals surface area contributed by atoms with E-state index in [4.69, 9.17) is 5.73 Å². The lowest BCUT2D eigenvalue weighted by Crippen LogP contribution is -2.28. The molecule has 0 aromatic heterocycles. The lowest BCUT2D eigenvalue weighted by Gasteiger charge is -2.30. The number of anilines is 1. The maximum atomic E-state index is 12.5. The molecular weight excluding hydrogens is 330 g/mol. The fraction of sp³-hybridized carbons (Fsp3) is 0.300. The Balaban J connectivity index is 1.79. The van der Waals surface area contributed by atoms with Gasteiger partial charge in [0.1, 0.15) is 0 Å². The van der Waals surface area contributed by atoms with E-state index in [-0.39, 0.29) is 11.4 Å². The van der Waals surface area contributed by atoms with Crippen LogP contribution in [0.15, 0.2) is 53.5 Å². The average Bonchev–Trinajstić information content (AvgIpc) is 2.62. The highest BCUT2D eigenvalue weighted by Gasteiger charge is 2.29. The van der Waals surface area contributed by atoms with Gasteiger partial charge in [-0.3, -0.25) is 9.79 Å². The number of amides is 1. The summed E-state index contributed by atoms with van der Waals surface area (Å²) in [5, 5.41) is 3.60. The summed E-state index contributed by atoms with van der Waals surface area (Å²) in [6, 6.07) is 15.6. The number of hydrogen-bond acceptors (Lipinski definition) is 4. The SMILES string of the molecule is CCc1ccc(C(=O)Nc2cccc(C3(C)CCSC(N)=N3)c2)cc1. The molecule has 0 spiro atoms. The Morgan fingerprint density at radius 2 is 2.04 bits per heavy atom. The van der Waals surface area contributed by atoms with Crippen molar-refractivity contribution < 1.29 is 4.79 Å². The fourth-order valence-electron chi connectivity index (χ4n) is 2.92. The Morgan fingerprint density at radius 1 is 1.28 bits per heavy atom. The van der Waals surface area contributed by atoms with Gasteiger partial charge in [0.05, 0.1) is 5.54 Å². The molecule has 25 heavy (non-hydrogen) atoms. The van der Waals surface area contributed by atoms with Crippen LogP contribution in [0.4, 0.5) is 5.69 Å². The summed E-state index contributed by atoms with van der Waals surface area (Å²) in [6.07, 6.45) is 1.89. The number of hydrogen-bond donors (Lipinski definition) is 2. The number of carbonyl (C=O) groups excluding carboxylic acids is 1. The molecule has 1 heterocycles. The highest BCUT2D eigenvalue weighted by Crippen LogP contribution is 2.35. The van der Waals surface area contributed by atoms with Gasteiger partial charge in [0, 0.05) is 17.0 Å². The van der Waals surface area contributed by atoms with Gasteiger partial charge in [-0.25, -0.2) is 0 Å². The Kier molecular flexibility index (Phi) is 5.13. The van der Waals surface area contributed by atoms with Crippen LogP contribution in [0.2, 0.25) is 0 Å². The molecule has 3 rings (SSSR count). The summed E-state index contributed by atoms with van der Waals surface area (Å²) in [5.74, 6) is 0.846. The van der Waals surface area contributed by atoms with E-state index in [0.717, 1.165) is 29.8 Å². The second kappa shape index (κ2) is 7.31. The molecule has 1 aliphatic heterocycles. The van der Waals surface area contributed by atoms with E-state index in [1.807, 2.05) is 48.5 Å². The number of benzene rings is 2. The van der Waals surface area contributed by atoms with Gasteiger partial charge < -0.3 is 11.1 Å². The van der Waals surface area contributed by atoms with Crippen molar-refractivity contribution >= 4 is 28.5 Å². The van der Waals surface area contributed by atoms with E-state index in [0.29, 0.717) is 10.7 Å². The third kappa shape index (κ3) is 4.04. The molecule has 0 aliphatic carbocycles. The zero-order valence-electron chi connectivity index (χ0n) is 14.6. The zero-order valence-corrected chi connectivity index (χ0v) is 15.4. The topological polar surface area (TPSA) is 67.5 Å². The predicted molar refractivity (Wildman–Crippen MR) is 106 cm³/mol. The van der Waals surface area contributed by atoms with Gasteiger partial charge in [0.15, 0.2) is 5.17 Å². The van der Waals surface area contributed by atoms with Crippen LogP contribution in [0.3, 0.4) is 0 Å². The van der Waals surface area contributed by atoms with Crippen molar-refractivity contribution in [3.8, 4) is 0 Å². The van der Waals surface area contributed by atoms with Gasteiger partial charge in [-0.15, -0.1) is 0 Å². The summed E-state index contributed by atoms with van der Waals surface area (Å²) in [7, 11) is 0. The molecule has 2 aromatic rings. The minimum Gasteiger partial charge on any atom is -0.379 e. The Bertz CT molecular complexity index is 801. The third-order valence-electron chi connectivity index (χ3n) is 4.56. The quantitative estimate of drug-likeness (QED) is 0.867. The first kappa shape index (κ1) is 17.5. The number of aryl methyl sites for hydroxylation is 1. The standard InChI is InChI=1S/C20H23N3OS/c1-3-14-7-9-15(10-8-14)18(24)22-17-6-4-5-16(13-17)20(2)11-12-25-19(21)23-20/h4-10,13H,3,11-12H2,1-2H3,(H2,21,23)(H,22,24). The highest BCUT2D eigenvalue weighted by atomic mass is 32.2. The summed E-state index contributed by atoms with van der Waals surface area (Å²) in [5.41, 5.74) is 9.29. The van der Waals surface area contributed by atoms with Gasteiger partial charge in [-0.1, -0.05) is 43.0 Å². The first-order valence-electron chi connectivity index (χ1n) is 8.49. The summed E-state index contributed by atoms with van der Waals surface area (Å²) in [4.78, 5) is 17.1. The average molecular weight is 353 g/mol. The lowest BCUT2D eigenvalue weighted by molar-refractivity contribution is 0.102. The maximum absolute atomic E-state index is 12.5. The summed E-state index contributed by atoms with van der Waals surface area (Å²) in [6.45, 7) is 4.18. The molecule has 0 fully saturated rings. The maximum Gasteiger partial charge on any atom is 0.255 e. The number of rotatable bonds is 4. The van der Waals surface area contributed by atoms with Gasteiger partial charge in [0.2, 0.25) is 0 Å². The molecule has 1 aliphatic rings. The highest BCUT2D eigenvalue weighted by molar-refractivity contribution is 8.13. The molecule has 1 unspecified atom stereocenters. The third-order valence-corrected chi connectivity index (χ3v) is 5.36. The number of thioether (sulfide) groups is 1. The number of nitrogens with zero attached hydrogens (tertiary/aromatic N) is 1. The Hall–Kier alpha value is -2.27. The van der Waals surface area contributed by atoms with E-state index >= 15 is 0 Å². The van der Waals surface area contributed by atoms with Crippen LogP contribution in [0.25, 0.3) is 0 Å². The van der Waals surface area contributed by atoms with Crippen molar-refractivity contribution in [3.63, 3.8) is 0 Å². The summed E-state index contributed by atoms with van der Waals surface area (Å²) >= 11 is 1.59. The number of nitrogens with one attached hydrogen (secondary N) is 1. The molecule has 0 saturated carbocycles. The minimum absolute atomic E-state index is 0.104. The van der Waals surface area contributed by atoms with Crippen LogP contribution in [-0.4, -0.2) is 16.8 Å². The predicted octanol–water partition coefficient (Wildman–Crippen LogP) is 4.17. The normalized spacial score (nSPS) is 20.0. The number of amidine groups is 1. The first-order valence-corrected chi connectivity index (χ1v) is 9.48. The van der Waals surface area contributed by atoms with E-state index in [2.05, 4.69) is 24.2 Å². The van der Waals surface area contributed by atoms with Crippen molar-refractivity contribution in [2.75, 3.05) is 11.1 Å². The second-order valence-electron chi connectivity index (χ2n) is 6.41. The Morgan fingerprint density at radius 3 is 2.72 bits per heavy atom. The second-order valence-corrected chi connectivity index (χ2v) is 7.52. The van der Waals surface area contributed by atoms with Crippen molar-refractivity contribution in [1.82, 2.24) is 0 Å². The zero-order chi connectivity index (χ0) is 17.9. The van der Waals surface area contributed by atoms with E-state index in [9.17, 15) is 4.79 Å². The van der Waals surface area contributed by atoms with Crippen LogP contribution in [0.1, 0.15) is 41.8 Å².